The minimum absolute atomic E-state index is 0.140. The summed E-state index contributed by atoms with van der Waals surface area (Å²) in [7, 11) is 1.66. The van der Waals surface area contributed by atoms with Gasteiger partial charge in [-0.3, -0.25) is 0 Å². The SMILES string of the molecule is CCNC(C)c1ccc(OCCOC(C)(C)C)c(OC)c1. The molecule has 1 unspecified atom stereocenters. The highest BCUT2D eigenvalue weighted by Crippen LogP contribution is 2.30. The molecule has 1 rings (SSSR count). The van der Waals surface area contributed by atoms with E-state index in [4.69, 9.17) is 14.2 Å². The third-order valence-corrected chi connectivity index (χ3v) is 3.07. The average molecular weight is 295 g/mol. The van der Waals surface area contributed by atoms with Crippen LogP contribution < -0.4 is 14.8 Å². The Hall–Kier alpha value is -1.26. The molecule has 1 atom stereocenters. The minimum Gasteiger partial charge on any atom is -0.493 e. The van der Waals surface area contributed by atoms with Gasteiger partial charge in [0.1, 0.15) is 6.61 Å². The second kappa shape index (κ2) is 8.25. The van der Waals surface area contributed by atoms with Gasteiger partial charge in [0.2, 0.25) is 0 Å². The monoisotopic (exact) mass is 295 g/mol. The first-order valence-electron chi connectivity index (χ1n) is 7.55. The molecule has 0 saturated carbocycles. The quantitative estimate of drug-likeness (QED) is 0.744. The van der Waals surface area contributed by atoms with E-state index in [1.165, 1.54) is 5.56 Å². The van der Waals surface area contributed by atoms with Crippen molar-refractivity contribution in [1.29, 1.82) is 0 Å². The molecule has 1 N–H and O–H groups in total. The molecule has 0 bridgehead atoms. The summed E-state index contributed by atoms with van der Waals surface area (Å²) in [5, 5.41) is 3.39. The Balaban J connectivity index is 2.62. The fourth-order valence-electron chi connectivity index (χ4n) is 2.00. The summed E-state index contributed by atoms with van der Waals surface area (Å²) < 4.78 is 16.8. The van der Waals surface area contributed by atoms with Gasteiger partial charge < -0.3 is 19.5 Å². The zero-order chi connectivity index (χ0) is 15.9. The normalized spacial score (nSPS) is 13.0. The maximum Gasteiger partial charge on any atom is 0.161 e. The number of benzene rings is 1. The minimum atomic E-state index is -0.140. The third kappa shape index (κ3) is 6.36. The van der Waals surface area contributed by atoms with Crippen molar-refractivity contribution in [3.8, 4) is 11.5 Å². The largest absolute Gasteiger partial charge is 0.493 e. The summed E-state index contributed by atoms with van der Waals surface area (Å²) in [6.07, 6.45) is 0. The fourth-order valence-corrected chi connectivity index (χ4v) is 2.00. The van der Waals surface area contributed by atoms with Crippen LogP contribution in [-0.4, -0.2) is 32.5 Å². The average Bonchev–Trinajstić information content (AvgIpc) is 2.42. The van der Waals surface area contributed by atoms with E-state index in [0.29, 0.717) is 19.3 Å². The Bertz CT molecular complexity index is 427. The van der Waals surface area contributed by atoms with Crippen molar-refractivity contribution in [3.63, 3.8) is 0 Å². The molecule has 0 fully saturated rings. The van der Waals surface area contributed by atoms with Crippen LogP contribution in [0.5, 0.6) is 11.5 Å². The van der Waals surface area contributed by atoms with Crippen molar-refractivity contribution in [2.45, 2.75) is 46.3 Å². The molecule has 0 aliphatic rings. The number of rotatable bonds is 8. The van der Waals surface area contributed by atoms with E-state index >= 15 is 0 Å². The highest BCUT2D eigenvalue weighted by atomic mass is 16.5. The molecule has 1 aromatic carbocycles. The Morgan fingerprint density at radius 1 is 1.14 bits per heavy atom. The smallest absolute Gasteiger partial charge is 0.161 e. The topological polar surface area (TPSA) is 39.7 Å². The van der Waals surface area contributed by atoms with Gasteiger partial charge in [-0.05, 0) is 51.9 Å². The highest BCUT2D eigenvalue weighted by molar-refractivity contribution is 5.43. The van der Waals surface area contributed by atoms with Gasteiger partial charge in [-0.25, -0.2) is 0 Å². The molecule has 4 heteroatoms. The molecule has 0 spiro atoms. The van der Waals surface area contributed by atoms with Crippen LogP contribution in [-0.2, 0) is 4.74 Å². The van der Waals surface area contributed by atoms with E-state index in [-0.39, 0.29) is 5.60 Å². The molecule has 0 aliphatic carbocycles. The first-order chi connectivity index (χ1) is 9.87. The van der Waals surface area contributed by atoms with Crippen LogP contribution >= 0.6 is 0 Å². The molecule has 0 aliphatic heterocycles. The van der Waals surface area contributed by atoms with Crippen LogP contribution in [0.4, 0.5) is 0 Å². The maximum absolute atomic E-state index is 5.75. The van der Waals surface area contributed by atoms with E-state index in [2.05, 4.69) is 25.2 Å². The predicted octanol–water partition coefficient (Wildman–Crippen LogP) is 3.56. The molecule has 0 radical (unpaired) electrons. The van der Waals surface area contributed by atoms with E-state index in [0.717, 1.165) is 18.0 Å². The molecule has 1 aromatic rings. The molecule has 120 valence electrons. The lowest BCUT2D eigenvalue weighted by molar-refractivity contribution is -0.0165. The number of hydrogen-bond donors (Lipinski definition) is 1. The summed E-state index contributed by atoms with van der Waals surface area (Å²) >= 11 is 0. The Kier molecular flexibility index (Phi) is 6.99. The number of nitrogens with one attached hydrogen (secondary N) is 1. The molecule has 0 amide bonds. The number of ether oxygens (including phenoxy) is 3. The zero-order valence-electron chi connectivity index (χ0n) is 14.2. The Morgan fingerprint density at radius 2 is 1.86 bits per heavy atom. The number of methoxy groups -OCH3 is 1. The van der Waals surface area contributed by atoms with Crippen LogP contribution in [0.2, 0.25) is 0 Å². The maximum atomic E-state index is 5.75. The second-order valence-corrected chi connectivity index (χ2v) is 6.00. The summed E-state index contributed by atoms with van der Waals surface area (Å²) in [4.78, 5) is 0. The van der Waals surface area contributed by atoms with Crippen LogP contribution in [0.25, 0.3) is 0 Å². The zero-order valence-corrected chi connectivity index (χ0v) is 14.2. The van der Waals surface area contributed by atoms with E-state index < -0.39 is 0 Å². The fraction of sp³-hybridized carbons (Fsp3) is 0.647. The standard InChI is InChI=1S/C17H29NO3/c1-7-18-13(2)14-8-9-15(16(12-14)19-6)20-10-11-21-17(3,4)5/h8-9,12-13,18H,7,10-11H2,1-6H3. The van der Waals surface area contributed by atoms with E-state index in [1.807, 2.05) is 32.9 Å². The Morgan fingerprint density at radius 3 is 2.43 bits per heavy atom. The van der Waals surface area contributed by atoms with Crippen LogP contribution in [0, 0.1) is 0 Å². The molecular formula is C17H29NO3. The molecule has 21 heavy (non-hydrogen) atoms. The third-order valence-electron chi connectivity index (χ3n) is 3.07. The van der Waals surface area contributed by atoms with Gasteiger partial charge in [0.05, 0.1) is 19.3 Å². The van der Waals surface area contributed by atoms with Crippen molar-refractivity contribution in [1.82, 2.24) is 5.32 Å². The predicted molar refractivity (Wildman–Crippen MR) is 86.3 cm³/mol. The van der Waals surface area contributed by atoms with Crippen molar-refractivity contribution in [2.75, 3.05) is 26.9 Å². The second-order valence-electron chi connectivity index (χ2n) is 6.00. The van der Waals surface area contributed by atoms with Gasteiger partial charge in [0, 0.05) is 6.04 Å². The van der Waals surface area contributed by atoms with Crippen LogP contribution in [0.3, 0.4) is 0 Å². The lowest BCUT2D eigenvalue weighted by Gasteiger charge is -2.20. The first-order valence-corrected chi connectivity index (χ1v) is 7.55. The van der Waals surface area contributed by atoms with Gasteiger partial charge in [0.15, 0.2) is 11.5 Å². The van der Waals surface area contributed by atoms with E-state index in [9.17, 15) is 0 Å². The number of hydrogen-bond acceptors (Lipinski definition) is 4. The summed E-state index contributed by atoms with van der Waals surface area (Å²) in [6.45, 7) is 12.3. The molecule has 0 heterocycles. The van der Waals surface area contributed by atoms with Crippen molar-refractivity contribution in [2.24, 2.45) is 0 Å². The molecular weight excluding hydrogens is 266 g/mol. The van der Waals surface area contributed by atoms with Gasteiger partial charge in [-0.1, -0.05) is 13.0 Å². The van der Waals surface area contributed by atoms with Gasteiger partial charge in [-0.2, -0.15) is 0 Å². The summed E-state index contributed by atoms with van der Waals surface area (Å²) in [5.41, 5.74) is 1.05. The van der Waals surface area contributed by atoms with Crippen molar-refractivity contribution >= 4 is 0 Å². The molecule has 4 nitrogen and oxygen atoms in total. The van der Waals surface area contributed by atoms with Gasteiger partial charge in [0.25, 0.3) is 0 Å². The van der Waals surface area contributed by atoms with Gasteiger partial charge in [-0.15, -0.1) is 0 Å². The summed E-state index contributed by atoms with van der Waals surface area (Å²) in [6, 6.07) is 6.34. The van der Waals surface area contributed by atoms with Crippen molar-refractivity contribution in [3.05, 3.63) is 23.8 Å². The molecule has 0 aromatic heterocycles. The highest BCUT2D eigenvalue weighted by Gasteiger charge is 2.12. The summed E-state index contributed by atoms with van der Waals surface area (Å²) in [5.74, 6) is 1.51. The van der Waals surface area contributed by atoms with Gasteiger partial charge >= 0.3 is 0 Å². The Labute approximate surface area is 128 Å². The van der Waals surface area contributed by atoms with Crippen molar-refractivity contribution < 1.29 is 14.2 Å². The van der Waals surface area contributed by atoms with E-state index in [1.54, 1.807) is 7.11 Å². The first kappa shape index (κ1) is 17.8. The lowest BCUT2D eigenvalue weighted by atomic mass is 10.1. The van der Waals surface area contributed by atoms with Crippen LogP contribution in [0.1, 0.15) is 46.2 Å². The lowest BCUT2D eigenvalue weighted by Crippen LogP contribution is -2.22. The molecule has 0 saturated heterocycles. The van der Waals surface area contributed by atoms with Crippen LogP contribution in [0.15, 0.2) is 18.2 Å².